The zero-order chi connectivity index (χ0) is 28.4. The Bertz CT molecular complexity index is 1390. The van der Waals surface area contributed by atoms with Gasteiger partial charge in [0.15, 0.2) is 17.3 Å². The number of aryl methyl sites for hydroxylation is 1. The highest BCUT2D eigenvalue weighted by atomic mass is 16.6. The summed E-state index contributed by atoms with van der Waals surface area (Å²) < 4.78 is 16.5. The quantitative estimate of drug-likeness (QED) is 0.263. The Balaban J connectivity index is 1.82. The molecule has 2 aromatic carbocycles. The third kappa shape index (κ3) is 5.39. The number of nitrogens with one attached hydrogen (secondary N) is 1. The summed E-state index contributed by atoms with van der Waals surface area (Å²) in [7, 11) is 3.13. The summed E-state index contributed by atoms with van der Waals surface area (Å²) in [5.74, 6) is -0.394. The van der Waals surface area contributed by atoms with Crippen molar-refractivity contribution in [3.05, 3.63) is 85.7 Å². The summed E-state index contributed by atoms with van der Waals surface area (Å²) in [5.41, 5.74) is 3.89. The van der Waals surface area contributed by atoms with Crippen molar-refractivity contribution in [2.45, 2.75) is 64.9 Å². The van der Waals surface area contributed by atoms with Crippen molar-refractivity contribution in [2.24, 2.45) is 0 Å². The molecule has 2 aliphatic rings. The first-order valence-electron chi connectivity index (χ1n) is 13.0. The Morgan fingerprint density at radius 3 is 2.41 bits per heavy atom. The van der Waals surface area contributed by atoms with Crippen LogP contribution in [0, 0.1) is 17.0 Å². The molecular formula is C30H34N2O7. The van der Waals surface area contributed by atoms with Crippen LogP contribution in [0.4, 0.5) is 5.69 Å². The third-order valence-corrected chi connectivity index (χ3v) is 7.57. The van der Waals surface area contributed by atoms with E-state index >= 15 is 0 Å². The van der Waals surface area contributed by atoms with E-state index in [1.54, 1.807) is 47.1 Å². The summed E-state index contributed by atoms with van der Waals surface area (Å²) in [6.07, 6.45) is 1.04. The summed E-state index contributed by atoms with van der Waals surface area (Å²) in [6.45, 7) is 7.16. The van der Waals surface area contributed by atoms with Gasteiger partial charge in [-0.2, -0.15) is 0 Å². The van der Waals surface area contributed by atoms with Gasteiger partial charge in [0.05, 0.1) is 30.8 Å². The van der Waals surface area contributed by atoms with Gasteiger partial charge in [-0.25, -0.2) is 4.79 Å². The van der Waals surface area contributed by atoms with Crippen LogP contribution in [-0.4, -0.2) is 37.0 Å². The van der Waals surface area contributed by atoms with Gasteiger partial charge in [-0.3, -0.25) is 14.9 Å². The van der Waals surface area contributed by atoms with Crippen LogP contribution in [0.1, 0.15) is 68.6 Å². The summed E-state index contributed by atoms with van der Waals surface area (Å²) in [5, 5.41) is 15.1. The number of carbonyl (C=O) groups is 2. The molecule has 39 heavy (non-hydrogen) atoms. The minimum atomic E-state index is -0.782. The van der Waals surface area contributed by atoms with Crippen LogP contribution >= 0.6 is 0 Å². The Morgan fingerprint density at radius 2 is 1.77 bits per heavy atom. The molecule has 206 valence electrons. The fourth-order valence-corrected chi connectivity index (χ4v) is 5.32. The Hall–Kier alpha value is -4.14. The zero-order valence-electron chi connectivity index (χ0n) is 23.1. The van der Waals surface area contributed by atoms with Gasteiger partial charge in [-0.15, -0.1) is 0 Å². The molecule has 0 bridgehead atoms. The Labute approximate surface area is 228 Å². The van der Waals surface area contributed by atoms with Crippen molar-refractivity contribution in [2.75, 3.05) is 14.2 Å². The average Bonchev–Trinajstić information content (AvgIpc) is 2.91. The second-order valence-corrected chi connectivity index (χ2v) is 10.1. The predicted octanol–water partition coefficient (Wildman–Crippen LogP) is 5.62. The number of nitro groups is 1. The lowest BCUT2D eigenvalue weighted by Crippen LogP contribution is -2.36. The van der Waals surface area contributed by atoms with E-state index in [0.29, 0.717) is 58.0 Å². The number of ether oxygens (including phenoxy) is 3. The van der Waals surface area contributed by atoms with Crippen LogP contribution in [-0.2, 0) is 14.3 Å². The molecule has 9 heteroatoms. The highest BCUT2D eigenvalue weighted by Gasteiger charge is 2.42. The van der Waals surface area contributed by atoms with E-state index in [1.165, 1.54) is 6.07 Å². The largest absolute Gasteiger partial charge is 0.493 e. The number of allylic oxidation sites excluding steroid dienone is 3. The van der Waals surface area contributed by atoms with Gasteiger partial charge in [0.1, 0.15) is 0 Å². The number of rotatable bonds is 8. The molecule has 1 aliphatic heterocycles. The van der Waals surface area contributed by atoms with Crippen LogP contribution in [0.25, 0.3) is 0 Å². The monoisotopic (exact) mass is 534 g/mol. The Kier molecular flexibility index (Phi) is 8.09. The van der Waals surface area contributed by atoms with Crippen molar-refractivity contribution >= 4 is 17.4 Å². The number of methoxy groups -OCH3 is 2. The molecule has 0 saturated carbocycles. The first kappa shape index (κ1) is 27.9. The smallest absolute Gasteiger partial charge is 0.337 e. The predicted molar refractivity (Wildman–Crippen MR) is 146 cm³/mol. The van der Waals surface area contributed by atoms with Gasteiger partial charge in [0, 0.05) is 40.9 Å². The van der Waals surface area contributed by atoms with Gasteiger partial charge in [0.2, 0.25) is 0 Å². The molecule has 1 N–H and O–H groups in total. The highest BCUT2D eigenvalue weighted by molar-refractivity contribution is 6.04. The zero-order valence-corrected chi connectivity index (χ0v) is 23.1. The SMILES string of the molecule is CC[C@H](C)OC(=O)C1=C(C)NC2=C(C(=O)C[C@H](c3ccc(OC)c(OC)c3)C2)[C@@H]1c1ccc(C)c([N+](=O)[O-])c1. The second kappa shape index (κ2) is 11.3. The number of Topliss-reactive ketones (excluding diaryl/α,β-unsaturated/α-hetero) is 1. The van der Waals surface area contributed by atoms with E-state index in [9.17, 15) is 19.7 Å². The number of dihydropyridines is 1. The van der Waals surface area contributed by atoms with E-state index in [-0.39, 0.29) is 29.9 Å². The number of nitrogens with zero attached hydrogens (tertiary/aromatic N) is 1. The van der Waals surface area contributed by atoms with Crippen molar-refractivity contribution < 1.29 is 28.7 Å². The van der Waals surface area contributed by atoms with E-state index in [4.69, 9.17) is 14.2 Å². The summed E-state index contributed by atoms with van der Waals surface area (Å²) >= 11 is 0. The first-order chi connectivity index (χ1) is 18.6. The van der Waals surface area contributed by atoms with Gasteiger partial charge >= 0.3 is 5.97 Å². The second-order valence-electron chi connectivity index (χ2n) is 10.1. The van der Waals surface area contributed by atoms with E-state index in [0.717, 1.165) is 5.56 Å². The first-order valence-corrected chi connectivity index (χ1v) is 13.0. The molecule has 9 nitrogen and oxygen atoms in total. The van der Waals surface area contributed by atoms with Crippen molar-refractivity contribution in [3.8, 4) is 11.5 Å². The molecule has 0 saturated heterocycles. The van der Waals surface area contributed by atoms with Gasteiger partial charge in [0.25, 0.3) is 5.69 Å². The third-order valence-electron chi connectivity index (χ3n) is 7.57. The van der Waals surface area contributed by atoms with Gasteiger partial charge in [-0.1, -0.05) is 25.1 Å². The number of nitro benzene ring substituents is 1. The van der Waals surface area contributed by atoms with Crippen molar-refractivity contribution in [1.82, 2.24) is 5.32 Å². The number of carbonyl (C=O) groups excluding carboxylic acids is 2. The number of hydrogen-bond acceptors (Lipinski definition) is 8. The molecule has 4 rings (SSSR count). The average molecular weight is 535 g/mol. The topological polar surface area (TPSA) is 117 Å². The van der Waals surface area contributed by atoms with Crippen molar-refractivity contribution in [1.29, 1.82) is 0 Å². The molecule has 0 radical (unpaired) electrons. The highest BCUT2D eigenvalue weighted by Crippen LogP contribution is 2.47. The fraction of sp³-hybridized carbons (Fsp3) is 0.400. The molecule has 2 aromatic rings. The minimum Gasteiger partial charge on any atom is -0.493 e. The summed E-state index contributed by atoms with van der Waals surface area (Å²) in [6, 6.07) is 10.5. The van der Waals surface area contributed by atoms with Crippen LogP contribution in [0.15, 0.2) is 58.9 Å². The summed E-state index contributed by atoms with van der Waals surface area (Å²) in [4.78, 5) is 38.6. The van der Waals surface area contributed by atoms with Crippen molar-refractivity contribution in [3.63, 3.8) is 0 Å². The lowest BCUT2D eigenvalue weighted by Gasteiger charge is -2.37. The molecule has 3 atom stereocenters. The van der Waals surface area contributed by atoms with E-state index in [2.05, 4.69) is 5.32 Å². The number of esters is 1. The van der Waals surface area contributed by atoms with Crippen LogP contribution < -0.4 is 14.8 Å². The molecule has 0 aromatic heterocycles. The standard InChI is InChI=1S/C30H34N2O7/c1-7-17(3)39-30(34)27-18(4)31-22-12-21(19-10-11-25(37-5)26(15-19)38-6)14-24(33)29(22)28(27)20-9-8-16(2)23(13-20)32(35)36/h8-11,13,15,17,21,28,31H,7,12,14H2,1-6H3/t17-,21+,28+/m0/s1. The molecule has 0 spiro atoms. The minimum absolute atomic E-state index is 0.0630. The lowest BCUT2D eigenvalue weighted by atomic mass is 9.71. The van der Waals surface area contributed by atoms with Crippen LogP contribution in [0.2, 0.25) is 0 Å². The van der Waals surface area contributed by atoms with Crippen LogP contribution in [0.5, 0.6) is 11.5 Å². The normalized spacial score (nSPS) is 19.7. The molecular weight excluding hydrogens is 500 g/mol. The molecule has 1 heterocycles. The molecule has 1 aliphatic carbocycles. The van der Waals surface area contributed by atoms with Crippen LogP contribution in [0.3, 0.4) is 0 Å². The van der Waals surface area contributed by atoms with Gasteiger partial charge in [-0.05, 0) is 62.8 Å². The number of benzene rings is 2. The number of ketones is 1. The Morgan fingerprint density at radius 1 is 1.08 bits per heavy atom. The molecule has 0 fully saturated rings. The lowest BCUT2D eigenvalue weighted by molar-refractivity contribution is -0.385. The maximum Gasteiger partial charge on any atom is 0.337 e. The maximum absolute atomic E-state index is 13.9. The maximum atomic E-state index is 13.9. The molecule has 0 unspecified atom stereocenters. The fourth-order valence-electron chi connectivity index (χ4n) is 5.32. The van der Waals surface area contributed by atoms with E-state index < -0.39 is 16.8 Å². The van der Waals surface area contributed by atoms with E-state index in [1.807, 2.05) is 25.1 Å². The van der Waals surface area contributed by atoms with Gasteiger partial charge < -0.3 is 19.5 Å². The number of hydrogen-bond donors (Lipinski definition) is 1. The molecule has 0 amide bonds.